The number of benzene rings is 2. The molecule has 2 atom stereocenters. The summed E-state index contributed by atoms with van der Waals surface area (Å²) in [5.41, 5.74) is 2.90. The SMILES string of the molecule is Cc1c(C(=O)Nc2cnc(N3C[C@@H](C)O[C@@H](C)C3)c(Cl)c2)cccc1-c1ccc(OC(F)(F)F)cc1. The number of nitrogens with one attached hydrogen (secondary N) is 1. The molecule has 190 valence electrons. The number of alkyl halides is 3. The van der Waals surface area contributed by atoms with Gasteiger partial charge in [-0.05, 0) is 61.7 Å². The molecule has 0 saturated carbocycles. The van der Waals surface area contributed by atoms with Gasteiger partial charge in [0.25, 0.3) is 5.91 Å². The van der Waals surface area contributed by atoms with E-state index >= 15 is 0 Å². The van der Waals surface area contributed by atoms with Gasteiger partial charge >= 0.3 is 6.36 Å². The highest BCUT2D eigenvalue weighted by atomic mass is 35.5. The van der Waals surface area contributed by atoms with E-state index in [1.807, 2.05) is 13.8 Å². The van der Waals surface area contributed by atoms with Gasteiger partial charge in [0.1, 0.15) is 11.6 Å². The predicted molar refractivity (Wildman–Crippen MR) is 133 cm³/mol. The van der Waals surface area contributed by atoms with Crippen LogP contribution in [0.1, 0.15) is 29.8 Å². The van der Waals surface area contributed by atoms with Crippen LogP contribution >= 0.6 is 11.6 Å². The molecule has 0 spiro atoms. The fraction of sp³-hybridized carbons (Fsp3) is 0.308. The van der Waals surface area contributed by atoms with E-state index in [9.17, 15) is 18.0 Å². The van der Waals surface area contributed by atoms with E-state index in [0.717, 1.165) is 0 Å². The minimum absolute atomic E-state index is 0.0506. The molecule has 36 heavy (non-hydrogen) atoms. The number of carbonyl (C=O) groups excluding carboxylic acids is 1. The Morgan fingerprint density at radius 1 is 1.14 bits per heavy atom. The molecule has 1 N–H and O–H groups in total. The van der Waals surface area contributed by atoms with Crippen molar-refractivity contribution in [3.63, 3.8) is 0 Å². The zero-order chi connectivity index (χ0) is 26.0. The van der Waals surface area contributed by atoms with Gasteiger partial charge < -0.3 is 19.7 Å². The number of nitrogens with zero attached hydrogens (tertiary/aromatic N) is 2. The fourth-order valence-electron chi connectivity index (χ4n) is 4.31. The monoisotopic (exact) mass is 519 g/mol. The highest BCUT2D eigenvalue weighted by Gasteiger charge is 2.31. The largest absolute Gasteiger partial charge is 0.573 e. The second-order valence-corrected chi connectivity index (χ2v) is 9.10. The summed E-state index contributed by atoms with van der Waals surface area (Å²) in [5, 5.41) is 3.24. The van der Waals surface area contributed by atoms with Crippen LogP contribution in [0.5, 0.6) is 5.75 Å². The zero-order valence-electron chi connectivity index (χ0n) is 19.9. The number of amides is 1. The molecule has 1 aromatic heterocycles. The van der Waals surface area contributed by atoms with Gasteiger partial charge in [-0.15, -0.1) is 13.2 Å². The first-order chi connectivity index (χ1) is 17.0. The van der Waals surface area contributed by atoms with Crippen molar-refractivity contribution in [1.82, 2.24) is 4.98 Å². The van der Waals surface area contributed by atoms with Crippen molar-refractivity contribution < 1.29 is 27.4 Å². The molecule has 1 aliphatic rings. The van der Waals surface area contributed by atoms with E-state index in [1.54, 1.807) is 37.4 Å². The summed E-state index contributed by atoms with van der Waals surface area (Å²) in [7, 11) is 0. The van der Waals surface area contributed by atoms with E-state index < -0.39 is 6.36 Å². The van der Waals surface area contributed by atoms with E-state index in [-0.39, 0.29) is 23.9 Å². The lowest BCUT2D eigenvalue weighted by molar-refractivity contribution is -0.274. The molecule has 2 heterocycles. The minimum atomic E-state index is -4.76. The van der Waals surface area contributed by atoms with Gasteiger partial charge in [0.15, 0.2) is 0 Å². The maximum atomic E-state index is 13.1. The number of carbonyl (C=O) groups is 1. The Balaban J connectivity index is 1.51. The molecule has 6 nitrogen and oxygen atoms in total. The number of rotatable bonds is 5. The van der Waals surface area contributed by atoms with Crippen molar-refractivity contribution in [1.29, 1.82) is 0 Å². The van der Waals surface area contributed by atoms with Gasteiger partial charge in [0.2, 0.25) is 0 Å². The number of hydrogen-bond acceptors (Lipinski definition) is 5. The average molecular weight is 520 g/mol. The van der Waals surface area contributed by atoms with E-state index in [1.165, 1.54) is 24.3 Å². The first-order valence-electron chi connectivity index (χ1n) is 11.3. The molecule has 0 bridgehead atoms. The third-order valence-electron chi connectivity index (χ3n) is 5.78. The number of hydrogen-bond donors (Lipinski definition) is 1. The molecule has 1 amide bonds. The average Bonchev–Trinajstić information content (AvgIpc) is 2.78. The quantitative estimate of drug-likeness (QED) is 0.418. The van der Waals surface area contributed by atoms with Crippen LogP contribution in [0.25, 0.3) is 11.1 Å². The van der Waals surface area contributed by atoms with Crippen LogP contribution < -0.4 is 15.0 Å². The minimum Gasteiger partial charge on any atom is -0.406 e. The molecular weight excluding hydrogens is 495 g/mol. The summed E-state index contributed by atoms with van der Waals surface area (Å²) in [5.74, 6) is -0.0370. The van der Waals surface area contributed by atoms with Crippen molar-refractivity contribution in [2.75, 3.05) is 23.3 Å². The Kier molecular flexibility index (Phi) is 7.42. The van der Waals surface area contributed by atoms with Crippen LogP contribution in [-0.4, -0.2) is 42.6 Å². The number of morpholine rings is 1. The summed E-state index contributed by atoms with van der Waals surface area (Å²) >= 11 is 6.50. The van der Waals surface area contributed by atoms with Gasteiger partial charge in [0, 0.05) is 18.7 Å². The van der Waals surface area contributed by atoms with Crippen LogP contribution in [0.3, 0.4) is 0 Å². The number of anilines is 2. The van der Waals surface area contributed by atoms with E-state index in [4.69, 9.17) is 16.3 Å². The van der Waals surface area contributed by atoms with E-state index in [2.05, 4.69) is 19.9 Å². The second kappa shape index (κ2) is 10.4. The number of aromatic nitrogens is 1. The fourth-order valence-corrected chi connectivity index (χ4v) is 4.60. The maximum absolute atomic E-state index is 13.1. The highest BCUT2D eigenvalue weighted by molar-refractivity contribution is 6.33. The van der Waals surface area contributed by atoms with Crippen LogP contribution in [0, 0.1) is 6.92 Å². The summed E-state index contributed by atoms with van der Waals surface area (Å²) in [4.78, 5) is 19.6. The molecule has 2 aromatic carbocycles. The van der Waals surface area contributed by atoms with Gasteiger partial charge in [-0.1, -0.05) is 35.9 Å². The van der Waals surface area contributed by atoms with Crippen molar-refractivity contribution in [2.45, 2.75) is 39.3 Å². The van der Waals surface area contributed by atoms with Crippen LogP contribution in [0.4, 0.5) is 24.7 Å². The lowest BCUT2D eigenvalue weighted by Crippen LogP contribution is -2.46. The molecule has 4 rings (SSSR count). The molecule has 0 radical (unpaired) electrons. The second-order valence-electron chi connectivity index (χ2n) is 8.70. The van der Waals surface area contributed by atoms with Crippen LogP contribution in [0.2, 0.25) is 5.02 Å². The molecular formula is C26H25ClF3N3O3. The zero-order valence-corrected chi connectivity index (χ0v) is 20.7. The van der Waals surface area contributed by atoms with Crippen molar-refractivity contribution in [3.8, 4) is 16.9 Å². The third-order valence-corrected chi connectivity index (χ3v) is 6.05. The lowest BCUT2D eigenvalue weighted by atomic mass is 9.96. The lowest BCUT2D eigenvalue weighted by Gasteiger charge is -2.36. The molecule has 1 aliphatic heterocycles. The maximum Gasteiger partial charge on any atom is 0.573 e. The van der Waals surface area contributed by atoms with Crippen molar-refractivity contribution in [2.24, 2.45) is 0 Å². The van der Waals surface area contributed by atoms with Crippen LogP contribution in [-0.2, 0) is 4.74 Å². The Morgan fingerprint density at radius 3 is 2.42 bits per heavy atom. The van der Waals surface area contributed by atoms with Crippen molar-refractivity contribution in [3.05, 3.63) is 70.9 Å². The Hall–Kier alpha value is -3.30. The topological polar surface area (TPSA) is 63.7 Å². The Morgan fingerprint density at radius 2 is 1.81 bits per heavy atom. The normalized spacial score (nSPS) is 18.1. The molecule has 3 aromatic rings. The number of pyridine rings is 1. The Bertz CT molecular complexity index is 1240. The molecule has 1 saturated heterocycles. The van der Waals surface area contributed by atoms with Gasteiger partial charge in [-0.3, -0.25) is 4.79 Å². The van der Waals surface area contributed by atoms with Gasteiger partial charge in [0.05, 0.1) is 29.1 Å². The summed E-state index contributed by atoms with van der Waals surface area (Å²) in [6.45, 7) is 7.09. The molecule has 1 fully saturated rings. The molecule has 0 aliphatic carbocycles. The summed E-state index contributed by atoms with van der Waals surface area (Å²) in [6.07, 6.45) is -3.10. The standard InChI is InChI=1S/C26H25ClF3N3O3/c1-15-13-33(14-16(2)35-15)24-23(27)11-19(12-31-24)32-25(34)22-6-4-5-21(17(22)3)18-7-9-20(10-8-18)36-26(28,29)30/h4-12,15-16H,13-14H2,1-3H3,(H,32,34)/t15-,16+. The summed E-state index contributed by atoms with van der Waals surface area (Å²) in [6, 6.07) is 12.3. The van der Waals surface area contributed by atoms with E-state index in [0.29, 0.717) is 51.9 Å². The first kappa shape index (κ1) is 25.8. The smallest absolute Gasteiger partial charge is 0.406 e. The van der Waals surface area contributed by atoms with Crippen LogP contribution in [0.15, 0.2) is 54.7 Å². The predicted octanol–water partition coefficient (Wildman–Crippen LogP) is 6.47. The Labute approximate surface area is 212 Å². The number of ether oxygens (including phenoxy) is 2. The molecule has 10 heteroatoms. The van der Waals surface area contributed by atoms with Crippen molar-refractivity contribution >= 4 is 29.0 Å². The number of halogens is 4. The van der Waals surface area contributed by atoms with Gasteiger partial charge in [-0.2, -0.15) is 0 Å². The molecule has 0 unspecified atom stereocenters. The first-order valence-corrected chi connectivity index (χ1v) is 11.7. The third kappa shape index (κ3) is 6.09. The van der Waals surface area contributed by atoms with Gasteiger partial charge in [-0.25, -0.2) is 4.98 Å². The highest BCUT2D eigenvalue weighted by Crippen LogP contribution is 2.31. The summed E-state index contributed by atoms with van der Waals surface area (Å²) < 4.78 is 47.0.